The van der Waals surface area contributed by atoms with E-state index in [0.717, 1.165) is 23.4 Å². The van der Waals surface area contributed by atoms with Gasteiger partial charge in [0.15, 0.2) is 0 Å². The molecule has 0 bridgehead atoms. The van der Waals surface area contributed by atoms with Gasteiger partial charge in [-0.2, -0.15) is 11.8 Å². The molecule has 0 aliphatic heterocycles. The van der Waals surface area contributed by atoms with E-state index in [1.165, 1.54) is 5.56 Å². The zero-order chi connectivity index (χ0) is 16.0. The molecule has 0 heterocycles. The van der Waals surface area contributed by atoms with Gasteiger partial charge >= 0.3 is 0 Å². The van der Waals surface area contributed by atoms with Gasteiger partial charge in [-0.1, -0.05) is 39.3 Å². The molecule has 118 valence electrons. The van der Waals surface area contributed by atoms with E-state index < -0.39 is 5.54 Å². The molecule has 0 fully saturated rings. The highest BCUT2D eigenvalue weighted by atomic mass is 32.2. The second-order valence-electron chi connectivity index (χ2n) is 6.07. The van der Waals surface area contributed by atoms with Crippen molar-refractivity contribution in [3.63, 3.8) is 0 Å². The zero-order valence-electron chi connectivity index (χ0n) is 13.8. The quantitative estimate of drug-likeness (QED) is 0.797. The van der Waals surface area contributed by atoms with Gasteiger partial charge in [-0.15, -0.1) is 0 Å². The number of rotatable bonds is 7. The Morgan fingerprint density at radius 2 is 2.10 bits per heavy atom. The first-order valence-electron chi connectivity index (χ1n) is 7.58. The number of hydrogen-bond donors (Lipinski definition) is 2. The van der Waals surface area contributed by atoms with Gasteiger partial charge in [0.1, 0.15) is 0 Å². The van der Waals surface area contributed by atoms with E-state index in [4.69, 9.17) is 5.73 Å². The molecular weight excluding hydrogens is 280 g/mol. The second kappa shape index (κ2) is 7.85. The van der Waals surface area contributed by atoms with Gasteiger partial charge < -0.3 is 11.1 Å². The predicted molar refractivity (Wildman–Crippen MR) is 93.7 cm³/mol. The average molecular weight is 308 g/mol. The Hall–Kier alpha value is -1.00. The number of nitrogens with two attached hydrogens (primary N) is 1. The fourth-order valence-corrected chi connectivity index (χ4v) is 2.96. The summed E-state index contributed by atoms with van der Waals surface area (Å²) < 4.78 is 0. The van der Waals surface area contributed by atoms with Crippen molar-refractivity contribution in [2.24, 2.45) is 5.73 Å². The average Bonchev–Trinajstić information content (AvgIpc) is 2.39. The summed E-state index contributed by atoms with van der Waals surface area (Å²) in [5, 5.41) is 3.59. The van der Waals surface area contributed by atoms with E-state index in [1.807, 2.05) is 30.8 Å². The van der Waals surface area contributed by atoms with Crippen LogP contribution in [0.15, 0.2) is 18.2 Å². The summed E-state index contributed by atoms with van der Waals surface area (Å²) in [6.07, 6.45) is 1.57. The summed E-state index contributed by atoms with van der Waals surface area (Å²) in [5.41, 5.74) is 8.54. The van der Waals surface area contributed by atoms with Crippen molar-refractivity contribution in [2.45, 2.75) is 64.0 Å². The molecule has 1 atom stereocenters. The molecule has 4 heteroatoms. The third kappa shape index (κ3) is 5.36. The van der Waals surface area contributed by atoms with Crippen LogP contribution in [0.3, 0.4) is 0 Å². The van der Waals surface area contributed by atoms with E-state index >= 15 is 0 Å². The van der Waals surface area contributed by atoms with E-state index in [0.29, 0.717) is 11.7 Å². The molecule has 0 aliphatic rings. The fourth-order valence-electron chi connectivity index (χ4n) is 2.13. The Balaban J connectivity index is 2.84. The number of benzene rings is 1. The summed E-state index contributed by atoms with van der Waals surface area (Å²) in [4.78, 5) is 12.3. The maximum atomic E-state index is 12.3. The lowest BCUT2D eigenvalue weighted by molar-refractivity contribution is -0.120. The first kappa shape index (κ1) is 18.1. The standard InChI is InChI=1S/C17H28N2OS/c1-6-10-17(5,18)16(20)19-15-9-7-8-14(13(15)4)11-21-12(2)3/h7-9,12H,6,10-11,18H2,1-5H3,(H,19,20). The van der Waals surface area contributed by atoms with Crippen LogP contribution in [0.1, 0.15) is 51.7 Å². The summed E-state index contributed by atoms with van der Waals surface area (Å²) >= 11 is 1.90. The maximum Gasteiger partial charge on any atom is 0.244 e. The van der Waals surface area contributed by atoms with Crippen LogP contribution in [0.4, 0.5) is 5.69 Å². The Kier molecular flexibility index (Phi) is 6.75. The molecule has 0 saturated carbocycles. The zero-order valence-corrected chi connectivity index (χ0v) is 14.6. The lowest BCUT2D eigenvalue weighted by atomic mass is 9.96. The van der Waals surface area contributed by atoms with Crippen molar-refractivity contribution >= 4 is 23.4 Å². The summed E-state index contributed by atoms with van der Waals surface area (Å²) in [5.74, 6) is 0.850. The van der Waals surface area contributed by atoms with Crippen LogP contribution in [0, 0.1) is 6.92 Å². The third-order valence-electron chi connectivity index (χ3n) is 3.55. The van der Waals surface area contributed by atoms with Gasteiger partial charge in [0.25, 0.3) is 0 Å². The smallest absolute Gasteiger partial charge is 0.244 e. The Morgan fingerprint density at radius 3 is 2.67 bits per heavy atom. The minimum absolute atomic E-state index is 0.110. The van der Waals surface area contributed by atoms with Crippen LogP contribution in [0.5, 0.6) is 0 Å². The fraction of sp³-hybridized carbons (Fsp3) is 0.588. The molecule has 3 N–H and O–H groups in total. The second-order valence-corrected chi connectivity index (χ2v) is 7.64. The van der Waals surface area contributed by atoms with Gasteiger partial charge in [0.2, 0.25) is 5.91 Å². The molecule has 1 aromatic rings. The predicted octanol–water partition coefficient (Wildman–Crippen LogP) is 4.09. The molecule has 0 aliphatic carbocycles. The Bertz CT molecular complexity index is 484. The molecule has 0 spiro atoms. The molecule has 3 nitrogen and oxygen atoms in total. The van der Waals surface area contributed by atoms with Gasteiger partial charge in [-0.05, 0) is 42.7 Å². The first-order valence-corrected chi connectivity index (χ1v) is 8.63. The first-order chi connectivity index (χ1) is 9.77. The highest BCUT2D eigenvalue weighted by Gasteiger charge is 2.27. The SMILES string of the molecule is CCCC(C)(N)C(=O)Nc1cccc(CSC(C)C)c1C. The molecule has 0 aromatic heterocycles. The van der Waals surface area contributed by atoms with Gasteiger partial charge in [0.05, 0.1) is 5.54 Å². The number of carbonyl (C=O) groups excluding carboxylic acids is 1. The molecule has 0 radical (unpaired) electrons. The normalized spacial score (nSPS) is 14.0. The van der Waals surface area contributed by atoms with Crippen LogP contribution in [0.2, 0.25) is 0 Å². The minimum Gasteiger partial charge on any atom is -0.324 e. The van der Waals surface area contributed by atoms with Crippen LogP contribution in [-0.2, 0) is 10.5 Å². The third-order valence-corrected chi connectivity index (χ3v) is 4.70. The lowest BCUT2D eigenvalue weighted by Gasteiger charge is -2.24. The molecule has 1 unspecified atom stereocenters. The van der Waals surface area contributed by atoms with Crippen molar-refractivity contribution in [3.05, 3.63) is 29.3 Å². The Labute approximate surface area is 133 Å². The monoisotopic (exact) mass is 308 g/mol. The van der Waals surface area contributed by atoms with Gasteiger partial charge in [0, 0.05) is 11.4 Å². The van der Waals surface area contributed by atoms with E-state index in [-0.39, 0.29) is 5.91 Å². The minimum atomic E-state index is -0.816. The number of amides is 1. The van der Waals surface area contributed by atoms with Gasteiger partial charge in [-0.3, -0.25) is 4.79 Å². The van der Waals surface area contributed by atoms with E-state index in [2.05, 4.69) is 32.2 Å². The number of anilines is 1. The van der Waals surface area contributed by atoms with Crippen molar-refractivity contribution in [1.29, 1.82) is 0 Å². The number of thioether (sulfide) groups is 1. The number of hydrogen-bond acceptors (Lipinski definition) is 3. The number of nitrogens with one attached hydrogen (secondary N) is 1. The molecule has 0 saturated heterocycles. The van der Waals surface area contributed by atoms with Crippen molar-refractivity contribution in [3.8, 4) is 0 Å². The van der Waals surface area contributed by atoms with E-state index in [9.17, 15) is 4.79 Å². The molecule has 21 heavy (non-hydrogen) atoms. The highest BCUT2D eigenvalue weighted by molar-refractivity contribution is 7.99. The van der Waals surface area contributed by atoms with E-state index in [1.54, 1.807) is 6.92 Å². The maximum absolute atomic E-state index is 12.3. The molecule has 1 rings (SSSR count). The lowest BCUT2D eigenvalue weighted by Crippen LogP contribution is -2.48. The largest absolute Gasteiger partial charge is 0.324 e. The van der Waals surface area contributed by atoms with Crippen molar-refractivity contribution < 1.29 is 4.79 Å². The molecular formula is C17H28N2OS. The Morgan fingerprint density at radius 1 is 1.43 bits per heavy atom. The summed E-state index contributed by atoms with van der Waals surface area (Å²) in [6, 6.07) is 6.05. The highest BCUT2D eigenvalue weighted by Crippen LogP contribution is 2.25. The van der Waals surface area contributed by atoms with Crippen LogP contribution in [0.25, 0.3) is 0 Å². The van der Waals surface area contributed by atoms with Gasteiger partial charge in [-0.25, -0.2) is 0 Å². The van der Waals surface area contributed by atoms with Crippen LogP contribution in [-0.4, -0.2) is 16.7 Å². The molecule has 1 amide bonds. The van der Waals surface area contributed by atoms with Crippen LogP contribution >= 0.6 is 11.8 Å². The topological polar surface area (TPSA) is 55.1 Å². The number of carbonyl (C=O) groups is 1. The van der Waals surface area contributed by atoms with Crippen molar-refractivity contribution in [2.75, 3.05) is 5.32 Å². The van der Waals surface area contributed by atoms with Crippen molar-refractivity contribution in [1.82, 2.24) is 0 Å². The van der Waals surface area contributed by atoms with Crippen LogP contribution < -0.4 is 11.1 Å². The summed E-state index contributed by atoms with van der Waals surface area (Å²) in [6.45, 7) is 10.3. The summed E-state index contributed by atoms with van der Waals surface area (Å²) in [7, 11) is 0. The molecule has 1 aromatic carbocycles.